The molecule has 1 N–H and O–H groups in total. The van der Waals surface area contributed by atoms with Gasteiger partial charge in [-0.2, -0.15) is 0 Å². The Morgan fingerprint density at radius 2 is 1.95 bits per heavy atom. The van der Waals surface area contributed by atoms with E-state index in [2.05, 4.69) is 4.90 Å². The van der Waals surface area contributed by atoms with E-state index in [-0.39, 0.29) is 5.91 Å². The van der Waals surface area contributed by atoms with Crippen LogP contribution in [0.5, 0.6) is 0 Å². The Bertz CT molecular complexity index is 502. The van der Waals surface area contributed by atoms with E-state index >= 15 is 0 Å². The third-order valence-corrected chi connectivity index (χ3v) is 4.34. The van der Waals surface area contributed by atoms with Gasteiger partial charge in [0.15, 0.2) is 0 Å². The molecule has 1 heterocycles. The fourth-order valence-electron chi connectivity index (χ4n) is 2.52. The number of β-amino-alcohol motifs (C(OH)–C–C–N with tert-alkyl or cyclic N) is 1. The number of rotatable bonds is 4. The predicted octanol–water partition coefficient (Wildman–Crippen LogP) is 2.58. The molecule has 1 aromatic rings. The van der Waals surface area contributed by atoms with Crippen molar-refractivity contribution in [2.24, 2.45) is 0 Å². The van der Waals surface area contributed by atoms with Crippen molar-refractivity contribution >= 4 is 29.1 Å². The third kappa shape index (κ3) is 4.33. The van der Waals surface area contributed by atoms with Gasteiger partial charge in [-0.15, -0.1) is 0 Å². The molecular formula is C15H20Cl2N2O2. The fourth-order valence-corrected chi connectivity index (χ4v) is 3.05. The minimum atomic E-state index is -0.650. The predicted molar refractivity (Wildman–Crippen MR) is 84.7 cm³/mol. The van der Waals surface area contributed by atoms with E-state index in [0.717, 1.165) is 13.1 Å². The normalized spacial score (nSPS) is 17.8. The van der Waals surface area contributed by atoms with Crippen molar-refractivity contribution in [1.29, 1.82) is 0 Å². The van der Waals surface area contributed by atoms with E-state index in [1.165, 1.54) is 0 Å². The minimum Gasteiger partial charge on any atom is -0.387 e. The van der Waals surface area contributed by atoms with Gasteiger partial charge in [-0.05, 0) is 12.1 Å². The average molecular weight is 331 g/mol. The third-order valence-electron chi connectivity index (χ3n) is 3.78. The second-order valence-electron chi connectivity index (χ2n) is 5.22. The van der Waals surface area contributed by atoms with Crippen LogP contribution in [0.4, 0.5) is 0 Å². The van der Waals surface area contributed by atoms with Gasteiger partial charge in [-0.1, -0.05) is 36.2 Å². The monoisotopic (exact) mass is 330 g/mol. The molecule has 0 aromatic heterocycles. The molecule has 0 spiro atoms. The van der Waals surface area contributed by atoms with E-state index < -0.39 is 6.10 Å². The zero-order chi connectivity index (χ0) is 15.4. The van der Waals surface area contributed by atoms with E-state index in [9.17, 15) is 9.90 Å². The Morgan fingerprint density at radius 3 is 2.52 bits per heavy atom. The number of hydrogen-bond acceptors (Lipinski definition) is 3. The van der Waals surface area contributed by atoms with Crippen molar-refractivity contribution in [1.82, 2.24) is 9.80 Å². The highest BCUT2D eigenvalue weighted by molar-refractivity contribution is 6.35. The number of carbonyl (C=O) groups is 1. The van der Waals surface area contributed by atoms with Crippen LogP contribution in [0.2, 0.25) is 10.0 Å². The van der Waals surface area contributed by atoms with Gasteiger partial charge in [-0.25, -0.2) is 0 Å². The van der Waals surface area contributed by atoms with Crippen LogP contribution in [0.25, 0.3) is 0 Å². The van der Waals surface area contributed by atoms with Crippen LogP contribution < -0.4 is 0 Å². The molecule has 116 valence electrons. The summed E-state index contributed by atoms with van der Waals surface area (Å²) < 4.78 is 0. The minimum absolute atomic E-state index is 0.191. The van der Waals surface area contributed by atoms with Crippen molar-refractivity contribution in [3.8, 4) is 0 Å². The van der Waals surface area contributed by atoms with Gasteiger partial charge in [0.1, 0.15) is 0 Å². The zero-order valence-electron chi connectivity index (χ0n) is 12.1. The summed E-state index contributed by atoms with van der Waals surface area (Å²) in [5, 5.41) is 11.4. The summed E-state index contributed by atoms with van der Waals surface area (Å²) in [4.78, 5) is 15.6. The number of halogens is 2. The summed E-state index contributed by atoms with van der Waals surface area (Å²) in [5.41, 5.74) is 0.688. The first kappa shape index (κ1) is 16.6. The van der Waals surface area contributed by atoms with Gasteiger partial charge in [0.05, 0.1) is 6.10 Å². The van der Waals surface area contributed by atoms with Crippen molar-refractivity contribution < 1.29 is 9.90 Å². The molecule has 1 fully saturated rings. The molecule has 0 radical (unpaired) electrons. The topological polar surface area (TPSA) is 43.8 Å². The van der Waals surface area contributed by atoms with Crippen LogP contribution in [0, 0.1) is 0 Å². The standard InChI is InChI=1S/C15H20Cl2N2O2/c1-2-15(21)19-7-5-18(6-8-19)10-14(20)12-4-3-11(16)9-13(12)17/h3-4,9,14,20H,2,5-8,10H2,1H3. The second-order valence-corrected chi connectivity index (χ2v) is 6.06. The van der Waals surface area contributed by atoms with E-state index in [4.69, 9.17) is 23.2 Å². The summed E-state index contributed by atoms with van der Waals surface area (Å²) in [6, 6.07) is 5.12. The Morgan fingerprint density at radius 1 is 1.29 bits per heavy atom. The first-order valence-corrected chi connectivity index (χ1v) is 7.90. The first-order valence-electron chi connectivity index (χ1n) is 7.14. The molecule has 1 saturated heterocycles. The van der Waals surface area contributed by atoms with Crippen molar-refractivity contribution in [2.45, 2.75) is 19.4 Å². The second kappa shape index (κ2) is 7.45. The number of nitrogens with zero attached hydrogens (tertiary/aromatic N) is 2. The number of carbonyl (C=O) groups excluding carboxylic acids is 1. The summed E-state index contributed by atoms with van der Waals surface area (Å²) in [6.45, 7) is 5.36. The number of aliphatic hydroxyl groups is 1. The maximum atomic E-state index is 11.6. The molecule has 1 aromatic carbocycles. The molecule has 1 aliphatic rings. The maximum Gasteiger partial charge on any atom is 0.222 e. The Balaban J connectivity index is 1.89. The lowest BCUT2D eigenvalue weighted by atomic mass is 10.1. The van der Waals surface area contributed by atoms with Crippen LogP contribution in [-0.4, -0.2) is 53.5 Å². The number of piperazine rings is 1. The quantitative estimate of drug-likeness (QED) is 0.922. The average Bonchev–Trinajstić information content (AvgIpc) is 2.47. The van der Waals surface area contributed by atoms with Crippen molar-refractivity contribution in [2.75, 3.05) is 32.7 Å². The lowest BCUT2D eigenvalue weighted by molar-refractivity contribution is -0.132. The van der Waals surface area contributed by atoms with Gasteiger partial charge in [-0.3, -0.25) is 9.69 Å². The molecule has 2 rings (SSSR count). The highest BCUT2D eigenvalue weighted by Crippen LogP contribution is 2.27. The van der Waals surface area contributed by atoms with Crippen molar-refractivity contribution in [3.05, 3.63) is 33.8 Å². The maximum absolute atomic E-state index is 11.6. The molecule has 21 heavy (non-hydrogen) atoms. The van der Waals surface area contributed by atoms with Gasteiger partial charge < -0.3 is 10.0 Å². The van der Waals surface area contributed by atoms with E-state index in [0.29, 0.717) is 41.7 Å². The first-order chi connectivity index (χ1) is 10.0. The Hall–Kier alpha value is -0.810. The highest BCUT2D eigenvalue weighted by atomic mass is 35.5. The van der Waals surface area contributed by atoms with Crippen LogP contribution in [0.1, 0.15) is 25.0 Å². The number of amides is 1. The zero-order valence-corrected chi connectivity index (χ0v) is 13.6. The van der Waals surface area contributed by atoms with Crippen LogP contribution in [0.3, 0.4) is 0 Å². The molecule has 0 aliphatic carbocycles. The SMILES string of the molecule is CCC(=O)N1CCN(CC(O)c2ccc(Cl)cc2Cl)CC1. The lowest BCUT2D eigenvalue weighted by Gasteiger charge is -2.35. The molecule has 1 atom stereocenters. The molecule has 1 unspecified atom stereocenters. The van der Waals surface area contributed by atoms with Crippen molar-refractivity contribution in [3.63, 3.8) is 0 Å². The van der Waals surface area contributed by atoms with Crippen LogP contribution in [0.15, 0.2) is 18.2 Å². The fraction of sp³-hybridized carbons (Fsp3) is 0.533. The smallest absolute Gasteiger partial charge is 0.222 e. The molecule has 0 saturated carbocycles. The largest absolute Gasteiger partial charge is 0.387 e. The summed E-state index contributed by atoms with van der Waals surface area (Å²) in [5.74, 6) is 0.191. The molecule has 1 aliphatic heterocycles. The molecule has 4 nitrogen and oxygen atoms in total. The summed E-state index contributed by atoms with van der Waals surface area (Å²) in [7, 11) is 0. The van der Waals surface area contributed by atoms with Gasteiger partial charge in [0, 0.05) is 54.8 Å². The number of benzene rings is 1. The Kier molecular flexibility index (Phi) is 5.88. The Labute approximate surface area is 135 Å². The molecule has 1 amide bonds. The van der Waals surface area contributed by atoms with Gasteiger partial charge in [0.2, 0.25) is 5.91 Å². The van der Waals surface area contributed by atoms with E-state index in [1.54, 1.807) is 18.2 Å². The molecule has 6 heteroatoms. The number of hydrogen-bond donors (Lipinski definition) is 1. The summed E-state index contributed by atoms with van der Waals surface area (Å²) >= 11 is 12.0. The summed E-state index contributed by atoms with van der Waals surface area (Å²) in [6.07, 6.45) is -0.105. The molecule has 0 bridgehead atoms. The number of aliphatic hydroxyl groups excluding tert-OH is 1. The van der Waals surface area contributed by atoms with Crippen LogP contribution in [-0.2, 0) is 4.79 Å². The van der Waals surface area contributed by atoms with Gasteiger partial charge in [0.25, 0.3) is 0 Å². The highest BCUT2D eigenvalue weighted by Gasteiger charge is 2.22. The van der Waals surface area contributed by atoms with Gasteiger partial charge >= 0.3 is 0 Å². The lowest BCUT2D eigenvalue weighted by Crippen LogP contribution is -2.49. The van der Waals surface area contributed by atoms with Crippen LogP contribution >= 0.6 is 23.2 Å². The van der Waals surface area contributed by atoms with E-state index in [1.807, 2.05) is 11.8 Å². The molecular weight excluding hydrogens is 311 g/mol.